The molecule has 0 saturated carbocycles. The summed E-state index contributed by atoms with van der Waals surface area (Å²) < 4.78 is 0.752. The maximum Gasteiger partial charge on any atom is 0.150 e. The van der Waals surface area contributed by atoms with Crippen LogP contribution < -0.4 is 11.5 Å². The van der Waals surface area contributed by atoms with Crippen molar-refractivity contribution >= 4 is 34.1 Å². The van der Waals surface area contributed by atoms with Crippen LogP contribution in [0.2, 0.25) is 0 Å². The fraction of sp³-hybridized carbons (Fsp3) is 0.200. The maximum atomic E-state index is 5.42. The molecule has 10 heavy (non-hydrogen) atoms. The predicted octanol–water partition coefficient (Wildman–Crippen LogP) is 0.576. The number of nitrogen functional groups attached to an aromatic ring is 2. The lowest BCUT2D eigenvalue weighted by Gasteiger charge is -1.98. The number of rotatable bonds is 1. The van der Waals surface area contributed by atoms with Crippen molar-refractivity contribution < 1.29 is 0 Å². The number of nitrogens with zero attached hydrogens (tertiary/aromatic N) is 2. The molecular formula is C5H7IN4. The van der Waals surface area contributed by atoms with Gasteiger partial charge < -0.3 is 11.5 Å². The Balaban J connectivity index is 3.04. The van der Waals surface area contributed by atoms with E-state index in [-0.39, 0.29) is 0 Å². The zero-order valence-electron chi connectivity index (χ0n) is 5.21. The lowest BCUT2D eigenvalue weighted by molar-refractivity contribution is 1.06. The third-order valence-electron chi connectivity index (χ3n) is 1.02. The first kappa shape index (κ1) is 7.52. The molecule has 0 spiro atoms. The first-order chi connectivity index (χ1) is 4.74. The van der Waals surface area contributed by atoms with Crippen molar-refractivity contribution in [3.63, 3.8) is 0 Å². The van der Waals surface area contributed by atoms with Crippen LogP contribution in [0.25, 0.3) is 0 Å². The van der Waals surface area contributed by atoms with Gasteiger partial charge in [0.25, 0.3) is 0 Å². The van der Waals surface area contributed by atoms with E-state index in [0.717, 1.165) is 4.43 Å². The van der Waals surface area contributed by atoms with Crippen LogP contribution in [-0.2, 0) is 4.43 Å². The Morgan fingerprint density at radius 3 is 2.70 bits per heavy atom. The summed E-state index contributed by atoms with van der Waals surface area (Å²) in [5, 5.41) is 0. The third-order valence-corrected chi connectivity index (χ3v) is 1.70. The quantitative estimate of drug-likeness (QED) is 0.564. The Kier molecular flexibility index (Phi) is 2.25. The smallest absolute Gasteiger partial charge is 0.150 e. The Morgan fingerprint density at radius 1 is 1.50 bits per heavy atom. The zero-order valence-corrected chi connectivity index (χ0v) is 7.37. The van der Waals surface area contributed by atoms with Crippen molar-refractivity contribution in [3.05, 3.63) is 12.0 Å². The Morgan fingerprint density at radius 2 is 2.20 bits per heavy atom. The van der Waals surface area contributed by atoms with Gasteiger partial charge in [-0.2, -0.15) is 0 Å². The van der Waals surface area contributed by atoms with Crippen LogP contribution in [-0.4, -0.2) is 9.97 Å². The van der Waals surface area contributed by atoms with Crippen molar-refractivity contribution in [2.24, 2.45) is 0 Å². The van der Waals surface area contributed by atoms with Gasteiger partial charge in [0.2, 0.25) is 0 Å². The average molecular weight is 250 g/mol. The summed E-state index contributed by atoms with van der Waals surface area (Å²) in [7, 11) is 0. The van der Waals surface area contributed by atoms with Gasteiger partial charge in [-0.15, -0.1) is 0 Å². The number of alkyl halides is 1. The van der Waals surface area contributed by atoms with E-state index in [1.165, 1.54) is 6.20 Å². The van der Waals surface area contributed by atoms with Crippen molar-refractivity contribution in [2.75, 3.05) is 11.5 Å². The van der Waals surface area contributed by atoms with Crippen LogP contribution in [0.15, 0.2) is 6.20 Å². The molecule has 5 heteroatoms. The van der Waals surface area contributed by atoms with Gasteiger partial charge in [-0.05, 0) is 0 Å². The largest absolute Gasteiger partial charge is 0.394 e. The molecule has 0 aliphatic carbocycles. The van der Waals surface area contributed by atoms with Crippen molar-refractivity contribution in [1.82, 2.24) is 9.97 Å². The second-order valence-corrected chi connectivity index (χ2v) is 2.52. The van der Waals surface area contributed by atoms with Crippen molar-refractivity contribution in [2.45, 2.75) is 4.43 Å². The highest BCUT2D eigenvalue weighted by atomic mass is 127. The molecule has 54 valence electrons. The highest BCUT2D eigenvalue weighted by Gasteiger charge is 1.97. The fourth-order valence-electron chi connectivity index (χ4n) is 0.507. The van der Waals surface area contributed by atoms with Crippen LogP contribution in [0.4, 0.5) is 11.5 Å². The van der Waals surface area contributed by atoms with Crippen LogP contribution in [0.5, 0.6) is 0 Å². The summed E-state index contributed by atoms with van der Waals surface area (Å²) in [6.07, 6.45) is 1.52. The molecule has 0 radical (unpaired) electrons. The molecule has 1 aromatic heterocycles. The molecule has 0 aliphatic rings. The molecule has 1 heterocycles. The number of hydrogen-bond donors (Lipinski definition) is 2. The second-order valence-electron chi connectivity index (χ2n) is 1.76. The van der Waals surface area contributed by atoms with E-state index in [9.17, 15) is 0 Å². The van der Waals surface area contributed by atoms with Gasteiger partial charge in [-0.1, -0.05) is 22.6 Å². The fourth-order valence-corrected chi connectivity index (χ4v) is 0.875. The standard InChI is InChI=1S/C5H7IN4/c6-1-4-9-2-3(7)5(8)10-4/h2H,1,7H2,(H2,8,9,10). The van der Waals surface area contributed by atoms with E-state index in [2.05, 4.69) is 32.6 Å². The molecule has 1 rings (SSSR count). The number of nitrogens with two attached hydrogens (primary N) is 2. The average Bonchev–Trinajstić information content (AvgIpc) is 1.95. The monoisotopic (exact) mass is 250 g/mol. The molecule has 0 atom stereocenters. The first-order valence-corrected chi connectivity index (χ1v) is 4.19. The lowest BCUT2D eigenvalue weighted by atomic mass is 10.5. The number of halogens is 1. The summed E-state index contributed by atoms with van der Waals surface area (Å²) in [6.45, 7) is 0. The molecule has 0 fully saturated rings. The van der Waals surface area contributed by atoms with Crippen LogP contribution in [0.1, 0.15) is 5.82 Å². The van der Waals surface area contributed by atoms with Gasteiger partial charge in [-0.25, -0.2) is 9.97 Å². The molecule has 0 bridgehead atoms. The van der Waals surface area contributed by atoms with E-state index in [0.29, 0.717) is 17.3 Å². The van der Waals surface area contributed by atoms with E-state index in [4.69, 9.17) is 11.5 Å². The molecule has 0 aromatic carbocycles. The Labute approximate surface area is 72.2 Å². The Hall–Kier alpha value is -0.590. The summed E-state index contributed by atoms with van der Waals surface area (Å²) >= 11 is 2.16. The maximum absolute atomic E-state index is 5.42. The van der Waals surface area contributed by atoms with Crippen LogP contribution in [0.3, 0.4) is 0 Å². The molecule has 0 saturated heterocycles. The number of anilines is 2. The minimum Gasteiger partial charge on any atom is -0.394 e. The Bertz CT molecular complexity index is 237. The SMILES string of the molecule is Nc1cnc(CI)nc1N. The number of hydrogen-bond acceptors (Lipinski definition) is 4. The molecule has 1 aromatic rings. The van der Waals surface area contributed by atoms with Crippen molar-refractivity contribution in [3.8, 4) is 0 Å². The topological polar surface area (TPSA) is 77.8 Å². The summed E-state index contributed by atoms with van der Waals surface area (Å²) in [5.74, 6) is 1.08. The van der Waals surface area contributed by atoms with E-state index in [1.54, 1.807) is 0 Å². The van der Waals surface area contributed by atoms with Gasteiger partial charge in [0.1, 0.15) is 11.6 Å². The lowest BCUT2D eigenvalue weighted by Crippen LogP contribution is -2.01. The first-order valence-electron chi connectivity index (χ1n) is 2.67. The van der Waals surface area contributed by atoms with E-state index in [1.807, 2.05) is 0 Å². The molecule has 0 unspecified atom stereocenters. The molecular weight excluding hydrogens is 243 g/mol. The van der Waals surface area contributed by atoms with Crippen molar-refractivity contribution in [1.29, 1.82) is 0 Å². The third kappa shape index (κ3) is 1.47. The highest BCUT2D eigenvalue weighted by molar-refractivity contribution is 14.1. The summed E-state index contributed by atoms with van der Waals surface area (Å²) in [6, 6.07) is 0. The molecule has 0 aliphatic heterocycles. The van der Waals surface area contributed by atoms with Gasteiger partial charge in [0, 0.05) is 0 Å². The van der Waals surface area contributed by atoms with Crippen LogP contribution in [0, 0.1) is 0 Å². The van der Waals surface area contributed by atoms with E-state index >= 15 is 0 Å². The highest BCUT2D eigenvalue weighted by Crippen LogP contribution is 2.09. The van der Waals surface area contributed by atoms with Gasteiger partial charge in [0.05, 0.1) is 16.3 Å². The van der Waals surface area contributed by atoms with E-state index < -0.39 is 0 Å². The minimum atomic E-state index is 0.363. The zero-order chi connectivity index (χ0) is 7.56. The number of aromatic nitrogens is 2. The predicted molar refractivity (Wildman–Crippen MR) is 48.6 cm³/mol. The molecule has 4 nitrogen and oxygen atoms in total. The molecule has 0 amide bonds. The summed E-state index contributed by atoms with van der Waals surface area (Å²) in [4.78, 5) is 7.86. The second kappa shape index (κ2) is 3.00. The molecule has 4 N–H and O–H groups in total. The normalized spacial score (nSPS) is 9.70. The van der Waals surface area contributed by atoms with Crippen LogP contribution >= 0.6 is 22.6 Å². The van der Waals surface area contributed by atoms with Gasteiger partial charge in [-0.3, -0.25) is 0 Å². The van der Waals surface area contributed by atoms with Gasteiger partial charge in [0.15, 0.2) is 0 Å². The minimum absolute atomic E-state index is 0.363. The summed E-state index contributed by atoms with van der Waals surface area (Å²) in [5.41, 5.74) is 11.2. The van der Waals surface area contributed by atoms with Gasteiger partial charge >= 0.3 is 0 Å².